The molecule has 1 fully saturated rings. The molecule has 3 rings (SSSR count). The summed E-state index contributed by atoms with van der Waals surface area (Å²) in [4.78, 5) is 4.23. The van der Waals surface area contributed by atoms with Gasteiger partial charge in [-0.15, -0.1) is 13.2 Å². The second kappa shape index (κ2) is 9.04. The summed E-state index contributed by atoms with van der Waals surface area (Å²) in [5.41, 5.74) is 7.79. The van der Waals surface area contributed by atoms with Crippen molar-refractivity contribution in [3.8, 4) is 11.5 Å². The molecule has 6 nitrogen and oxygen atoms in total. The van der Waals surface area contributed by atoms with Crippen molar-refractivity contribution < 1.29 is 27.4 Å². The van der Waals surface area contributed by atoms with Crippen LogP contribution in [0.3, 0.4) is 0 Å². The highest BCUT2D eigenvalue weighted by Crippen LogP contribution is 2.30. The number of nitrogens with one attached hydrogen (secondary N) is 1. The quantitative estimate of drug-likeness (QED) is 0.557. The zero-order chi connectivity index (χ0) is 20.9. The standard InChI is InChI=1S/C20H22F3N3O3/c1-13-6-7-14(18(10-13)28-15-8-9-27-12-15)11-25-19(24)26-16-4-2-3-5-17(16)29-20(21,22)23/h2-7,10,15H,8-9,11-12H2,1H3,(H3,24,25,26). The predicted octanol–water partition coefficient (Wildman–Crippen LogP) is 3.99. The fraction of sp³-hybridized carbons (Fsp3) is 0.350. The minimum absolute atomic E-state index is 0.0126. The van der Waals surface area contributed by atoms with Crippen LogP contribution in [0.4, 0.5) is 18.9 Å². The number of nitrogens with zero attached hydrogens (tertiary/aromatic N) is 1. The fourth-order valence-corrected chi connectivity index (χ4v) is 2.82. The maximum Gasteiger partial charge on any atom is 0.573 e. The van der Waals surface area contributed by atoms with Crippen molar-refractivity contribution in [2.24, 2.45) is 10.7 Å². The van der Waals surface area contributed by atoms with E-state index < -0.39 is 12.1 Å². The van der Waals surface area contributed by atoms with Gasteiger partial charge >= 0.3 is 6.36 Å². The highest BCUT2D eigenvalue weighted by atomic mass is 19.4. The molecule has 3 N–H and O–H groups in total. The summed E-state index contributed by atoms with van der Waals surface area (Å²) in [6, 6.07) is 11.3. The lowest BCUT2D eigenvalue weighted by Crippen LogP contribution is -2.24. The van der Waals surface area contributed by atoms with E-state index in [0.717, 1.165) is 17.5 Å². The zero-order valence-electron chi connectivity index (χ0n) is 15.8. The van der Waals surface area contributed by atoms with Crippen LogP contribution in [0.15, 0.2) is 47.5 Å². The lowest BCUT2D eigenvalue weighted by Gasteiger charge is -2.16. The molecule has 0 spiro atoms. The second-order valence-electron chi connectivity index (χ2n) is 6.59. The van der Waals surface area contributed by atoms with Crippen molar-refractivity contribution in [2.75, 3.05) is 18.5 Å². The predicted molar refractivity (Wildman–Crippen MR) is 103 cm³/mol. The maximum absolute atomic E-state index is 12.5. The van der Waals surface area contributed by atoms with Gasteiger partial charge < -0.3 is 25.3 Å². The first kappa shape index (κ1) is 20.8. The van der Waals surface area contributed by atoms with E-state index in [1.807, 2.05) is 25.1 Å². The van der Waals surface area contributed by atoms with E-state index in [2.05, 4.69) is 15.0 Å². The number of para-hydroxylation sites is 2. The Morgan fingerprint density at radius 1 is 1.24 bits per heavy atom. The van der Waals surface area contributed by atoms with Crippen LogP contribution in [0.2, 0.25) is 0 Å². The van der Waals surface area contributed by atoms with E-state index in [1.54, 1.807) is 6.07 Å². The van der Waals surface area contributed by atoms with Crippen molar-refractivity contribution in [1.29, 1.82) is 0 Å². The van der Waals surface area contributed by atoms with Crippen LogP contribution in [0, 0.1) is 6.92 Å². The molecular formula is C20H22F3N3O3. The van der Waals surface area contributed by atoms with Crippen molar-refractivity contribution in [1.82, 2.24) is 0 Å². The largest absolute Gasteiger partial charge is 0.573 e. The topological polar surface area (TPSA) is 78.1 Å². The molecule has 0 amide bonds. The van der Waals surface area contributed by atoms with Crippen LogP contribution in [0.1, 0.15) is 17.5 Å². The Morgan fingerprint density at radius 2 is 2.03 bits per heavy atom. The number of halogens is 3. The smallest absolute Gasteiger partial charge is 0.488 e. The highest BCUT2D eigenvalue weighted by Gasteiger charge is 2.32. The van der Waals surface area contributed by atoms with Crippen molar-refractivity contribution in [3.63, 3.8) is 0 Å². The van der Waals surface area contributed by atoms with E-state index in [0.29, 0.717) is 19.0 Å². The second-order valence-corrected chi connectivity index (χ2v) is 6.59. The van der Waals surface area contributed by atoms with Gasteiger partial charge in [0.15, 0.2) is 11.7 Å². The lowest BCUT2D eigenvalue weighted by molar-refractivity contribution is -0.274. The SMILES string of the molecule is Cc1ccc(CN=C(N)Nc2ccccc2OC(F)(F)F)c(OC2CCOC2)c1. The number of nitrogens with two attached hydrogens (primary N) is 1. The van der Waals surface area contributed by atoms with Crippen molar-refractivity contribution in [2.45, 2.75) is 32.4 Å². The average Bonchev–Trinajstić information content (AvgIpc) is 3.14. The van der Waals surface area contributed by atoms with E-state index >= 15 is 0 Å². The number of ether oxygens (including phenoxy) is 3. The molecule has 1 aliphatic rings. The number of anilines is 1. The van der Waals surface area contributed by atoms with E-state index in [1.165, 1.54) is 18.2 Å². The molecule has 1 heterocycles. The van der Waals surface area contributed by atoms with E-state index in [4.69, 9.17) is 15.2 Å². The van der Waals surface area contributed by atoms with Gasteiger partial charge in [0.05, 0.1) is 25.4 Å². The molecule has 1 saturated heterocycles. The molecule has 29 heavy (non-hydrogen) atoms. The zero-order valence-corrected chi connectivity index (χ0v) is 15.8. The van der Waals surface area contributed by atoms with Crippen LogP contribution in [-0.2, 0) is 11.3 Å². The Hall–Kier alpha value is -2.94. The van der Waals surface area contributed by atoms with Gasteiger partial charge in [0, 0.05) is 12.0 Å². The molecular weight excluding hydrogens is 387 g/mol. The molecule has 9 heteroatoms. The Kier molecular flexibility index (Phi) is 6.48. The summed E-state index contributed by atoms with van der Waals surface area (Å²) in [6.45, 7) is 3.36. The number of hydrogen-bond donors (Lipinski definition) is 2. The van der Waals surface area contributed by atoms with Gasteiger partial charge in [-0.2, -0.15) is 0 Å². The Bertz CT molecular complexity index is 866. The first-order valence-corrected chi connectivity index (χ1v) is 9.06. The third kappa shape index (κ3) is 6.28. The molecule has 1 unspecified atom stereocenters. The normalized spacial score (nSPS) is 17.2. The summed E-state index contributed by atoms with van der Waals surface area (Å²) in [6.07, 6.45) is -4.00. The van der Waals surface area contributed by atoms with Gasteiger partial charge in [0.2, 0.25) is 0 Å². The van der Waals surface area contributed by atoms with Gasteiger partial charge in [-0.3, -0.25) is 0 Å². The molecule has 1 aliphatic heterocycles. The monoisotopic (exact) mass is 409 g/mol. The molecule has 2 aromatic rings. The van der Waals surface area contributed by atoms with Gasteiger partial charge in [-0.25, -0.2) is 4.99 Å². The van der Waals surface area contributed by atoms with Gasteiger partial charge in [-0.05, 0) is 30.7 Å². The molecule has 0 aliphatic carbocycles. The van der Waals surface area contributed by atoms with Crippen LogP contribution in [0.5, 0.6) is 11.5 Å². The van der Waals surface area contributed by atoms with Crippen LogP contribution in [-0.4, -0.2) is 31.6 Å². The minimum atomic E-state index is -4.80. The van der Waals surface area contributed by atoms with Crippen molar-refractivity contribution >= 4 is 11.6 Å². The molecule has 156 valence electrons. The van der Waals surface area contributed by atoms with Crippen LogP contribution >= 0.6 is 0 Å². The summed E-state index contributed by atoms with van der Waals surface area (Å²) in [5, 5.41) is 2.65. The first-order valence-electron chi connectivity index (χ1n) is 9.06. The number of aliphatic imine (C=N–C) groups is 1. The number of hydrogen-bond acceptors (Lipinski definition) is 4. The molecule has 0 aromatic heterocycles. The Morgan fingerprint density at radius 3 is 2.76 bits per heavy atom. The van der Waals surface area contributed by atoms with Gasteiger partial charge in [0.25, 0.3) is 0 Å². The number of guanidine groups is 1. The fourth-order valence-electron chi connectivity index (χ4n) is 2.82. The summed E-state index contributed by atoms with van der Waals surface area (Å²) >= 11 is 0. The number of alkyl halides is 3. The third-order valence-corrected chi connectivity index (χ3v) is 4.20. The highest BCUT2D eigenvalue weighted by molar-refractivity contribution is 5.93. The molecule has 0 saturated carbocycles. The van der Waals surface area contributed by atoms with E-state index in [9.17, 15) is 13.2 Å². The third-order valence-electron chi connectivity index (χ3n) is 4.20. The molecule has 0 bridgehead atoms. The Labute approximate surface area is 166 Å². The molecule has 2 aromatic carbocycles. The molecule has 0 radical (unpaired) electrons. The maximum atomic E-state index is 12.5. The number of rotatable bonds is 6. The Balaban J connectivity index is 1.70. The van der Waals surface area contributed by atoms with Crippen LogP contribution < -0.4 is 20.5 Å². The van der Waals surface area contributed by atoms with Crippen molar-refractivity contribution in [3.05, 3.63) is 53.6 Å². The summed E-state index contributed by atoms with van der Waals surface area (Å²) in [5.74, 6) is 0.260. The minimum Gasteiger partial charge on any atom is -0.488 e. The summed E-state index contributed by atoms with van der Waals surface area (Å²) in [7, 11) is 0. The summed E-state index contributed by atoms with van der Waals surface area (Å²) < 4.78 is 53.0. The van der Waals surface area contributed by atoms with Gasteiger partial charge in [0.1, 0.15) is 11.9 Å². The average molecular weight is 409 g/mol. The molecule has 1 atom stereocenters. The number of benzene rings is 2. The van der Waals surface area contributed by atoms with Crippen LogP contribution in [0.25, 0.3) is 0 Å². The number of aryl methyl sites for hydroxylation is 1. The van der Waals surface area contributed by atoms with E-state index in [-0.39, 0.29) is 24.3 Å². The lowest BCUT2D eigenvalue weighted by atomic mass is 10.1. The first-order chi connectivity index (χ1) is 13.8. The van der Waals surface area contributed by atoms with Gasteiger partial charge in [-0.1, -0.05) is 24.3 Å².